The zero-order chi connectivity index (χ0) is 28.2. The average molecular weight is 574 g/mol. The van der Waals surface area contributed by atoms with E-state index < -0.39 is 17.0 Å². The van der Waals surface area contributed by atoms with Crippen LogP contribution in [0.4, 0.5) is 13.2 Å². The summed E-state index contributed by atoms with van der Waals surface area (Å²) < 4.78 is 51.0. The minimum atomic E-state index is -0.584. The van der Waals surface area contributed by atoms with Gasteiger partial charge in [-0.3, -0.25) is 4.57 Å². The molecule has 1 heterocycles. The van der Waals surface area contributed by atoms with E-state index in [9.17, 15) is 13.2 Å². The zero-order valence-corrected chi connectivity index (χ0v) is 23.7. The third kappa shape index (κ3) is 6.45. The van der Waals surface area contributed by atoms with E-state index in [1.54, 1.807) is 31.5 Å². The van der Waals surface area contributed by atoms with Crippen molar-refractivity contribution in [3.8, 4) is 11.4 Å². The Morgan fingerprint density at radius 2 is 1.69 bits per heavy atom. The van der Waals surface area contributed by atoms with Gasteiger partial charge >= 0.3 is 0 Å². The highest BCUT2D eigenvalue weighted by molar-refractivity contribution is 7.98. The fraction of sp³-hybridized carbons (Fsp3) is 0.300. The fourth-order valence-electron chi connectivity index (χ4n) is 4.46. The Labute approximate surface area is 236 Å². The Kier molecular flexibility index (Phi) is 9.31. The number of nitrogens with two attached hydrogens (primary N) is 1. The molecule has 4 rings (SSSR count). The second kappa shape index (κ2) is 12.5. The Bertz CT molecular complexity index is 1420. The number of hydrogen-bond acceptors (Lipinski definition) is 4. The van der Waals surface area contributed by atoms with Crippen LogP contribution in [0.15, 0.2) is 66.0 Å². The maximum absolute atomic E-state index is 14.9. The van der Waals surface area contributed by atoms with Crippen LogP contribution in [0.2, 0.25) is 5.02 Å². The summed E-state index contributed by atoms with van der Waals surface area (Å²) in [5.74, 6) is -0.958. The van der Waals surface area contributed by atoms with Crippen LogP contribution in [0.1, 0.15) is 49.1 Å². The van der Waals surface area contributed by atoms with Crippen LogP contribution < -0.4 is 10.5 Å². The number of benzene rings is 3. The lowest BCUT2D eigenvalue weighted by Crippen LogP contribution is -2.23. The standard InChI is InChI=1S/C30H31ClF3N3OS/c1-30(2,20-7-12-24(31)27(16-20)38-3)28-17-36-29(37(28)22-10-8-21(32)9-11-22)39-18-23-25(33)14-19(15-26(23)34)6-4-5-13-35/h7-12,14-17H,4-6,13,18,35H2,1-3H3. The van der Waals surface area contributed by atoms with Gasteiger partial charge in [-0.15, -0.1) is 0 Å². The second-order valence-electron chi connectivity index (χ2n) is 9.78. The monoisotopic (exact) mass is 573 g/mol. The molecule has 0 unspecified atom stereocenters. The van der Waals surface area contributed by atoms with Gasteiger partial charge in [0.05, 0.1) is 24.0 Å². The molecule has 0 saturated heterocycles. The highest BCUT2D eigenvalue weighted by Crippen LogP contribution is 2.39. The third-order valence-corrected chi connectivity index (χ3v) is 8.08. The first-order valence-electron chi connectivity index (χ1n) is 12.6. The number of nitrogens with zero attached hydrogens (tertiary/aromatic N) is 2. The number of halogens is 4. The van der Waals surface area contributed by atoms with Crippen LogP contribution >= 0.6 is 23.4 Å². The van der Waals surface area contributed by atoms with E-state index in [2.05, 4.69) is 4.98 Å². The minimum Gasteiger partial charge on any atom is -0.495 e. The predicted octanol–water partition coefficient (Wildman–Crippen LogP) is 7.85. The topological polar surface area (TPSA) is 53.1 Å². The molecule has 4 aromatic rings. The number of unbranched alkanes of at least 4 members (excludes halogenated alkanes) is 1. The molecule has 39 heavy (non-hydrogen) atoms. The molecule has 0 radical (unpaired) electrons. The maximum Gasteiger partial charge on any atom is 0.173 e. The van der Waals surface area contributed by atoms with Crippen molar-refractivity contribution in [2.45, 2.75) is 49.4 Å². The van der Waals surface area contributed by atoms with Crippen LogP contribution in [-0.2, 0) is 17.6 Å². The quantitative estimate of drug-likeness (QED) is 0.147. The van der Waals surface area contributed by atoms with Crippen LogP contribution in [0.3, 0.4) is 0 Å². The molecule has 0 fully saturated rings. The number of aryl methyl sites for hydroxylation is 1. The summed E-state index contributed by atoms with van der Waals surface area (Å²) in [6, 6.07) is 14.4. The molecule has 3 aromatic carbocycles. The Hall–Kier alpha value is -2.94. The predicted molar refractivity (Wildman–Crippen MR) is 152 cm³/mol. The van der Waals surface area contributed by atoms with E-state index in [1.807, 2.05) is 30.5 Å². The summed E-state index contributed by atoms with van der Waals surface area (Å²) in [4.78, 5) is 4.63. The van der Waals surface area contributed by atoms with E-state index in [1.165, 1.54) is 36.0 Å². The number of imidazole rings is 1. The number of ether oxygens (including phenoxy) is 1. The molecule has 9 heteroatoms. The van der Waals surface area contributed by atoms with Crippen molar-refractivity contribution < 1.29 is 17.9 Å². The van der Waals surface area contributed by atoms with Gasteiger partial charge in [0.2, 0.25) is 0 Å². The van der Waals surface area contributed by atoms with Crippen molar-refractivity contribution in [3.63, 3.8) is 0 Å². The molecular formula is C30H31ClF3N3OS. The highest BCUT2D eigenvalue weighted by Gasteiger charge is 2.30. The molecule has 0 aliphatic heterocycles. The molecule has 0 bridgehead atoms. The molecule has 1 aromatic heterocycles. The van der Waals surface area contributed by atoms with Crippen molar-refractivity contribution in [1.82, 2.24) is 9.55 Å². The first-order chi connectivity index (χ1) is 18.6. The van der Waals surface area contributed by atoms with Gasteiger partial charge < -0.3 is 10.5 Å². The van der Waals surface area contributed by atoms with E-state index in [-0.39, 0.29) is 17.1 Å². The Morgan fingerprint density at radius 3 is 2.33 bits per heavy atom. The second-order valence-corrected chi connectivity index (χ2v) is 11.1. The van der Waals surface area contributed by atoms with Crippen molar-refractivity contribution in [3.05, 3.63) is 106 Å². The average Bonchev–Trinajstić information content (AvgIpc) is 3.34. The van der Waals surface area contributed by atoms with Crippen LogP contribution in [0.25, 0.3) is 5.69 Å². The van der Waals surface area contributed by atoms with Crippen LogP contribution in [0.5, 0.6) is 5.75 Å². The molecular weight excluding hydrogens is 543 g/mol. The van der Waals surface area contributed by atoms with Crippen LogP contribution in [-0.4, -0.2) is 23.2 Å². The van der Waals surface area contributed by atoms with E-state index in [0.29, 0.717) is 40.1 Å². The zero-order valence-electron chi connectivity index (χ0n) is 22.1. The molecule has 0 amide bonds. The minimum absolute atomic E-state index is 0.0144. The third-order valence-electron chi connectivity index (χ3n) is 6.79. The first-order valence-corrected chi connectivity index (χ1v) is 14.0. The smallest absolute Gasteiger partial charge is 0.173 e. The number of methoxy groups -OCH3 is 1. The molecule has 0 aliphatic carbocycles. The molecule has 4 nitrogen and oxygen atoms in total. The lowest BCUT2D eigenvalue weighted by Gasteiger charge is -2.28. The molecule has 0 saturated carbocycles. The van der Waals surface area contributed by atoms with Crippen molar-refractivity contribution in [2.75, 3.05) is 13.7 Å². The highest BCUT2D eigenvalue weighted by atomic mass is 35.5. The number of rotatable bonds is 11. The van der Waals surface area contributed by atoms with Gasteiger partial charge in [-0.1, -0.05) is 43.3 Å². The van der Waals surface area contributed by atoms with E-state index in [0.717, 1.165) is 24.1 Å². The Balaban J connectivity index is 1.70. The summed E-state index contributed by atoms with van der Waals surface area (Å²) in [5, 5.41) is 1.02. The van der Waals surface area contributed by atoms with Gasteiger partial charge in [0.1, 0.15) is 23.2 Å². The maximum atomic E-state index is 14.9. The SMILES string of the molecule is COc1cc(C(C)(C)c2cnc(SCc3c(F)cc(CCCCN)cc3F)n2-c2ccc(F)cc2)ccc1Cl. The van der Waals surface area contributed by atoms with Crippen molar-refractivity contribution in [1.29, 1.82) is 0 Å². The lowest BCUT2D eigenvalue weighted by atomic mass is 9.81. The number of hydrogen-bond donors (Lipinski definition) is 1. The Morgan fingerprint density at radius 1 is 1.00 bits per heavy atom. The van der Waals surface area contributed by atoms with Crippen LogP contribution in [0, 0.1) is 17.5 Å². The summed E-state index contributed by atoms with van der Waals surface area (Å²) in [7, 11) is 1.56. The van der Waals surface area contributed by atoms with Gasteiger partial charge in [-0.2, -0.15) is 0 Å². The van der Waals surface area contributed by atoms with Gasteiger partial charge in [0.15, 0.2) is 5.16 Å². The summed E-state index contributed by atoms with van der Waals surface area (Å²) in [6.07, 6.45) is 3.88. The lowest BCUT2D eigenvalue weighted by molar-refractivity contribution is 0.413. The molecule has 206 valence electrons. The fourth-order valence-corrected chi connectivity index (χ4v) is 5.67. The van der Waals surface area contributed by atoms with Gasteiger partial charge in [0, 0.05) is 22.4 Å². The van der Waals surface area contributed by atoms with Crippen molar-refractivity contribution >= 4 is 23.4 Å². The molecule has 2 N–H and O–H groups in total. The van der Waals surface area contributed by atoms with Gasteiger partial charge in [-0.05, 0) is 85.5 Å². The normalized spacial score (nSPS) is 11.7. The number of aromatic nitrogens is 2. The summed E-state index contributed by atoms with van der Waals surface area (Å²) in [5.41, 5.74) is 7.94. The van der Waals surface area contributed by atoms with E-state index in [4.69, 9.17) is 22.1 Å². The largest absolute Gasteiger partial charge is 0.495 e. The van der Waals surface area contributed by atoms with Crippen molar-refractivity contribution in [2.24, 2.45) is 5.73 Å². The van der Waals surface area contributed by atoms with Gasteiger partial charge in [-0.25, -0.2) is 18.2 Å². The van der Waals surface area contributed by atoms with E-state index >= 15 is 0 Å². The first kappa shape index (κ1) is 29.1. The molecule has 0 aliphatic rings. The number of thioether (sulfide) groups is 1. The summed E-state index contributed by atoms with van der Waals surface area (Å²) >= 11 is 7.47. The summed E-state index contributed by atoms with van der Waals surface area (Å²) in [6.45, 7) is 4.61. The molecule has 0 atom stereocenters. The molecule has 0 spiro atoms. The van der Waals surface area contributed by atoms with Gasteiger partial charge in [0.25, 0.3) is 0 Å².